The molecule has 0 spiro atoms. The van der Waals surface area contributed by atoms with Crippen LogP contribution in [0.5, 0.6) is 0 Å². The molecule has 2 aromatic rings. The van der Waals surface area contributed by atoms with Gasteiger partial charge in [0.15, 0.2) is 0 Å². The summed E-state index contributed by atoms with van der Waals surface area (Å²) in [6.07, 6.45) is 11.9. The summed E-state index contributed by atoms with van der Waals surface area (Å²) in [4.78, 5) is 26.7. The molecule has 0 unspecified atom stereocenters. The van der Waals surface area contributed by atoms with Crippen molar-refractivity contribution in [2.24, 2.45) is 0 Å². The number of rotatable bonds is 8. The van der Waals surface area contributed by atoms with Crippen molar-refractivity contribution in [2.75, 3.05) is 34.2 Å². The Labute approximate surface area is 272 Å². The predicted molar refractivity (Wildman–Crippen MR) is 179 cm³/mol. The van der Waals surface area contributed by atoms with Gasteiger partial charge in [0.25, 0.3) is 11.8 Å². The van der Waals surface area contributed by atoms with E-state index < -0.39 is 0 Å². The number of nitrogens with one attached hydrogen (secondary N) is 3. The molecule has 42 heavy (non-hydrogen) atoms. The van der Waals surface area contributed by atoms with Crippen LogP contribution in [-0.4, -0.2) is 62.0 Å². The Morgan fingerprint density at radius 1 is 0.690 bits per heavy atom. The number of hydrogen-bond acceptors (Lipinski definition) is 4. The number of carbonyl (C=O) groups excluding carboxylic acids is 2. The lowest BCUT2D eigenvalue weighted by Gasteiger charge is -2.43. The van der Waals surface area contributed by atoms with Crippen LogP contribution in [0.4, 0.5) is 0 Å². The van der Waals surface area contributed by atoms with Gasteiger partial charge in [0, 0.05) is 35.3 Å². The van der Waals surface area contributed by atoms with E-state index in [0.717, 1.165) is 25.7 Å². The van der Waals surface area contributed by atoms with Crippen molar-refractivity contribution >= 4 is 58.2 Å². The fraction of sp³-hybridized carbons (Fsp3) is 0.562. The zero-order valence-corrected chi connectivity index (χ0v) is 27.2. The van der Waals surface area contributed by atoms with Crippen LogP contribution in [0.3, 0.4) is 0 Å². The summed E-state index contributed by atoms with van der Waals surface area (Å²) in [5.74, 6) is -0.205. The van der Waals surface area contributed by atoms with Crippen molar-refractivity contribution in [3.63, 3.8) is 0 Å². The van der Waals surface area contributed by atoms with E-state index in [1.165, 1.54) is 38.5 Å². The fourth-order valence-electron chi connectivity index (χ4n) is 5.71. The average Bonchev–Trinajstić information content (AvgIpc) is 2.98. The molecular formula is C32H46Cl4N4O2. The Balaban J connectivity index is 0.000000287. The molecule has 4 rings (SSSR count). The van der Waals surface area contributed by atoms with E-state index in [1.54, 1.807) is 36.4 Å². The van der Waals surface area contributed by atoms with E-state index in [1.807, 2.05) is 7.05 Å². The first kappa shape index (κ1) is 36.7. The second-order valence-electron chi connectivity index (χ2n) is 11.4. The Morgan fingerprint density at radius 3 is 1.52 bits per heavy atom. The zero-order chi connectivity index (χ0) is 30.0. The lowest BCUT2D eigenvalue weighted by molar-refractivity contribution is 0.0799. The molecule has 0 aliphatic heterocycles. The number of benzene rings is 2. The van der Waals surface area contributed by atoms with Crippen molar-refractivity contribution in [3.8, 4) is 0 Å². The van der Waals surface area contributed by atoms with E-state index >= 15 is 0 Å². The minimum absolute atomic E-state index is 0. The predicted octanol–water partition coefficient (Wildman–Crippen LogP) is 8.27. The van der Waals surface area contributed by atoms with Gasteiger partial charge >= 0.3 is 0 Å². The Morgan fingerprint density at radius 2 is 1.12 bits per heavy atom. The van der Waals surface area contributed by atoms with Crippen molar-refractivity contribution in [3.05, 3.63) is 67.6 Å². The van der Waals surface area contributed by atoms with E-state index in [9.17, 15) is 9.59 Å². The minimum atomic E-state index is -0.108. The van der Waals surface area contributed by atoms with Gasteiger partial charge < -0.3 is 20.9 Å². The van der Waals surface area contributed by atoms with Gasteiger partial charge in [-0.05, 0) is 83.2 Å². The van der Waals surface area contributed by atoms with Crippen LogP contribution >= 0.6 is 46.4 Å². The maximum Gasteiger partial charge on any atom is 0.251 e. The van der Waals surface area contributed by atoms with Gasteiger partial charge in [-0.3, -0.25) is 9.59 Å². The monoisotopic (exact) mass is 658 g/mol. The molecular weight excluding hydrogens is 614 g/mol. The SMILES string of the molecule is C.CN(C)C1(CNC(=O)c2ccc(Cl)c(Cl)c2)CCCCC1.CNC1(CNC(=O)c2ccc(Cl)c(Cl)c2)CCCCC1. The maximum absolute atomic E-state index is 12.3. The number of nitrogens with zero attached hydrogens (tertiary/aromatic N) is 1. The first-order chi connectivity index (χ1) is 19.5. The normalized spacial score (nSPS) is 17.3. The number of likely N-dealkylation sites (N-methyl/N-ethyl adjacent to an activating group) is 2. The Kier molecular flexibility index (Phi) is 14.9. The van der Waals surface area contributed by atoms with Crippen LogP contribution in [0.2, 0.25) is 20.1 Å². The fourth-order valence-corrected chi connectivity index (χ4v) is 6.31. The van der Waals surface area contributed by atoms with Gasteiger partial charge in [-0.25, -0.2) is 0 Å². The highest BCUT2D eigenvalue weighted by molar-refractivity contribution is 6.42. The first-order valence-electron chi connectivity index (χ1n) is 14.3. The van der Waals surface area contributed by atoms with Gasteiger partial charge in [-0.2, -0.15) is 0 Å². The van der Waals surface area contributed by atoms with Crippen LogP contribution in [-0.2, 0) is 0 Å². The molecule has 2 fully saturated rings. The number of hydrogen-bond donors (Lipinski definition) is 3. The van der Waals surface area contributed by atoms with Crippen LogP contribution in [0.25, 0.3) is 0 Å². The molecule has 2 saturated carbocycles. The summed E-state index contributed by atoms with van der Waals surface area (Å²) in [6.45, 7) is 1.31. The highest BCUT2D eigenvalue weighted by Crippen LogP contribution is 2.32. The third-order valence-corrected chi connectivity index (χ3v) is 10.1. The topological polar surface area (TPSA) is 73.5 Å². The summed E-state index contributed by atoms with van der Waals surface area (Å²) in [5.41, 5.74) is 1.20. The molecule has 10 heteroatoms. The summed E-state index contributed by atoms with van der Waals surface area (Å²) >= 11 is 23.6. The molecule has 2 aliphatic rings. The van der Waals surface area contributed by atoms with Crippen LogP contribution in [0, 0.1) is 0 Å². The van der Waals surface area contributed by atoms with Crippen LogP contribution in [0.1, 0.15) is 92.4 Å². The summed E-state index contributed by atoms with van der Waals surface area (Å²) < 4.78 is 0. The van der Waals surface area contributed by atoms with Gasteiger partial charge in [0.1, 0.15) is 0 Å². The molecule has 0 bridgehead atoms. The van der Waals surface area contributed by atoms with Crippen molar-refractivity contribution in [1.82, 2.24) is 20.9 Å². The lowest BCUT2D eigenvalue weighted by Crippen LogP contribution is -2.53. The van der Waals surface area contributed by atoms with E-state index in [2.05, 4.69) is 34.9 Å². The second-order valence-corrected chi connectivity index (χ2v) is 13.0. The van der Waals surface area contributed by atoms with E-state index in [-0.39, 0.29) is 30.3 Å². The average molecular weight is 661 g/mol. The number of halogens is 4. The third-order valence-electron chi connectivity index (χ3n) is 8.60. The minimum Gasteiger partial charge on any atom is -0.350 e. The second kappa shape index (κ2) is 17.1. The van der Waals surface area contributed by atoms with Gasteiger partial charge in [-0.1, -0.05) is 92.4 Å². The number of carbonyl (C=O) groups is 2. The Hall–Kier alpha value is -1.54. The van der Waals surface area contributed by atoms with Crippen molar-refractivity contribution < 1.29 is 9.59 Å². The standard InChI is InChI=1S/C16H22Cl2N2O.C15H20Cl2N2O.CH4/c1-20(2)16(8-4-3-5-9-16)11-19-15(21)12-6-7-13(17)14(18)10-12;1-18-15(7-3-2-4-8-15)10-19-14(20)11-5-6-12(16)13(17)9-11;/h6-7,10H,3-5,8-9,11H2,1-2H3,(H,19,21);5-6,9,18H,2-4,7-8,10H2,1H3,(H,19,20);1H4. The van der Waals surface area contributed by atoms with Crippen molar-refractivity contribution in [2.45, 2.75) is 82.7 Å². The maximum atomic E-state index is 12.3. The molecule has 0 aromatic heterocycles. The van der Waals surface area contributed by atoms with Gasteiger partial charge in [0.05, 0.1) is 20.1 Å². The first-order valence-corrected chi connectivity index (χ1v) is 15.8. The molecule has 3 N–H and O–H groups in total. The molecule has 0 radical (unpaired) electrons. The zero-order valence-electron chi connectivity index (χ0n) is 24.2. The highest BCUT2D eigenvalue weighted by Gasteiger charge is 2.34. The third kappa shape index (κ3) is 10.0. The molecule has 0 heterocycles. The highest BCUT2D eigenvalue weighted by atomic mass is 35.5. The van der Waals surface area contributed by atoms with Gasteiger partial charge in [-0.15, -0.1) is 0 Å². The molecule has 0 saturated heterocycles. The largest absolute Gasteiger partial charge is 0.350 e. The van der Waals surface area contributed by atoms with E-state index in [0.29, 0.717) is 44.3 Å². The molecule has 6 nitrogen and oxygen atoms in total. The summed E-state index contributed by atoms with van der Waals surface area (Å²) in [7, 11) is 6.16. The summed E-state index contributed by atoms with van der Waals surface area (Å²) in [5, 5.41) is 11.2. The molecule has 2 aromatic carbocycles. The summed E-state index contributed by atoms with van der Waals surface area (Å²) in [6, 6.07) is 9.91. The van der Waals surface area contributed by atoms with Crippen molar-refractivity contribution in [1.29, 1.82) is 0 Å². The molecule has 234 valence electrons. The lowest BCUT2D eigenvalue weighted by atomic mass is 9.80. The van der Waals surface area contributed by atoms with Crippen LogP contribution < -0.4 is 16.0 Å². The number of amides is 2. The quantitative estimate of drug-likeness (QED) is 0.267. The molecule has 2 amide bonds. The smallest absolute Gasteiger partial charge is 0.251 e. The molecule has 2 aliphatic carbocycles. The molecule has 0 atom stereocenters. The Bertz CT molecular complexity index is 1180. The van der Waals surface area contributed by atoms with E-state index in [4.69, 9.17) is 46.4 Å². The van der Waals surface area contributed by atoms with Crippen LogP contribution in [0.15, 0.2) is 36.4 Å². The van der Waals surface area contributed by atoms with Gasteiger partial charge in [0.2, 0.25) is 0 Å².